The van der Waals surface area contributed by atoms with Gasteiger partial charge >= 0.3 is 11.7 Å². The van der Waals surface area contributed by atoms with Crippen LogP contribution in [0, 0.1) is 5.92 Å². The molecule has 26 heavy (non-hydrogen) atoms. The molecule has 2 rings (SSSR count). The molecule has 2 unspecified atom stereocenters. The van der Waals surface area contributed by atoms with E-state index in [0.717, 1.165) is 4.57 Å². The third-order valence-corrected chi connectivity index (χ3v) is 4.48. The largest absolute Gasteiger partial charge is 0.467 e. The molecule has 1 aromatic rings. The molecule has 144 valence electrons. The van der Waals surface area contributed by atoms with Crippen LogP contribution in [0.5, 0.6) is 0 Å². The number of hydrogen-bond acceptors (Lipinski definition) is 8. The van der Waals surface area contributed by atoms with Crippen molar-refractivity contribution in [2.75, 3.05) is 12.8 Å². The fraction of sp³-hybridized carbons (Fsp3) is 0.625. The Morgan fingerprint density at radius 1 is 1.58 bits per heavy atom. The summed E-state index contributed by atoms with van der Waals surface area (Å²) in [5.74, 6) is -1.32. The number of nitrogens with one attached hydrogen (secondary N) is 1. The Morgan fingerprint density at radius 2 is 2.27 bits per heavy atom. The molecule has 0 radical (unpaired) electrons. The van der Waals surface area contributed by atoms with Crippen LogP contribution in [0.2, 0.25) is 0 Å². The van der Waals surface area contributed by atoms with Crippen molar-refractivity contribution in [1.29, 1.82) is 0 Å². The Balaban J connectivity index is 2.12. The van der Waals surface area contributed by atoms with Crippen molar-refractivity contribution in [1.82, 2.24) is 14.9 Å². The highest BCUT2D eigenvalue weighted by Gasteiger charge is 2.41. The number of hydrogen-bond donors (Lipinski definition) is 3. The first-order valence-corrected chi connectivity index (χ1v) is 8.34. The van der Waals surface area contributed by atoms with Crippen LogP contribution in [0.25, 0.3) is 0 Å². The maximum Gasteiger partial charge on any atom is 0.351 e. The lowest BCUT2D eigenvalue weighted by Gasteiger charge is -2.24. The molecule has 1 aliphatic rings. The van der Waals surface area contributed by atoms with Crippen molar-refractivity contribution < 1.29 is 24.2 Å². The molecule has 1 aliphatic heterocycles. The second-order valence-electron chi connectivity index (χ2n) is 6.25. The number of amides is 1. The Hall–Kier alpha value is -2.46. The predicted molar refractivity (Wildman–Crippen MR) is 90.8 cm³/mol. The van der Waals surface area contributed by atoms with Gasteiger partial charge in [0.15, 0.2) is 6.10 Å². The van der Waals surface area contributed by atoms with Gasteiger partial charge in [-0.2, -0.15) is 4.98 Å². The number of rotatable bonds is 6. The monoisotopic (exact) mass is 368 g/mol. The molecule has 1 saturated heterocycles. The summed E-state index contributed by atoms with van der Waals surface area (Å²) in [5, 5.41) is 12.7. The van der Waals surface area contributed by atoms with E-state index in [-0.39, 0.29) is 18.2 Å². The van der Waals surface area contributed by atoms with Crippen molar-refractivity contribution in [3.8, 4) is 0 Å². The van der Waals surface area contributed by atoms with Crippen LogP contribution in [0.3, 0.4) is 0 Å². The van der Waals surface area contributed by atoms with E-state index in [1.165, 1.54) is 19.4 Å². The van der Waals surface area contributed by atoms with Gasteiger partial charge in [-0.25, -0.2) is 9.59 Å². The molecule has 5 atom stereocenters. The topological polar surface area (TPSA) is 146 Å². The molecule has 4 N–H and O–H groups in total. The number of nitrogen functional groups attached to an aromatic ring is 1. The fourth-order valence-electron chi connectivity index (χ4n) is 2.74. The molecule has 10 nitrogen and oxygen atoms in total. The summed E-state index contributed by atoms with van der Waals surface area (Å²) in [6, 6.07) is 0.564. The number of anilines is 1. The summed E-state index contributed by atoms with van der Waals surface area (Å²) >= 11 is 0. The summed E-state index contributed by atoms with van der Waals surface area (Å²) in [6.07, 6.45) is -1.17. The standard InChI is InChI=1S/C16H24N4O6/c1-4-8(2)12(15(23)25-3)19-14(22)13-9(21)7-11(26-13)20-6-5-10(17)18-16(20)24/h5-6,8-9,11-13,21H,4,7H2,1-3H3,(H,19,22)(H2,17,18,24)/t8?,9-,11+,12?,13-/m1/s1. The number of nitrogens with two attached hydrogens (primary N) is 1. The lowest BCUT2D eigenvalue weighted by Crippen LogP contribution is -2.51. The lowest BCUT2D eigenvalue weighted by molar-refractivity contribution is -0.150. The van der Waals surface area contributed by atoms with Crippen LogP contribution in [0.4, 0.5) is 5.82 Å². The Kier molecular flexibility index (Phi) is 6.32. The number of aliphatic hydroxyl groups is 1. The van der Waals surface area contributed by atoms with Crippen LogP contribution >= 0.6 is 0 Å². The van der Waals surface area contributed by atoms with Gasteiger partial charge in [0.25, 0.3) is 5.91 Å². The first kappa shape index (κ1) is 19.9. The van der Waals surface area contributed by atoms with Crippen molar-refractivity contribution in [3.05, 3.63) is 22.7 Å². The highest BCUT2D eigenvalue weighted by Crippen LogP contribution is 2.28. The summed E-state index contributed by atoms with van der Waals surface area (Å²) in [7, 11) is 1.24. The number of carbonyl (C=O) groups excluding carboxylic acids is 2. The van der Waals surface area contributed by atoms with E-state index in [1.807, 2.05) is 6.92 Å². The average Bonchev–Trinajstić information content (AvgIpc) is 2.99. The summed E-state index contributed by atoms with van der Waals surface area (Å²) in [4.78, 5) is 39.9. The number of methoxy groups -OCH3 is 1. The third-order valence-electron chi connectivity index (χ3n) is 4.48. The molecule has 1 amide bonds. The third kappa shape index (κ3) is 4.20. The van der Waals surface area contributed by atoms with Gasteiger partial charge in [-0.15, -0.1) is 0 Å². The molecule has 0 spiro atoms. The van der Waals surface area contributed by atoms with Crippen molar-refractivity contribution in [2.45, 2.75) is 51.2 Å². The van der Waals surface area contributed by atoms with Gasteiger partial charge in [-0.1, -0.05) is 20.3 Å². The first-order chi connectivity index (χ1) is 12.3. The quantitative estimate of drug-likeness (QED) is 0.552. The van der Waals surface area contributed by atoms with Crippen molar-refractivity contribution in [2.24, 2.45) is 5.92 Å². The number of carbonyl (C=O) groups is 2. The summed E-state index contributed by atoms with van der Waals surface area (Å²) in [5.41, 5.74) is 4.80. The van der Waals surface area contributed by atoms with E-state index < -0.39 is 42.0 Å². The molecule has 2 heterocycles. The van der Waals surface area contributed by atoms with Crippen LogP contribution in [-0.4, -0.2) is 51.9 Å². The normalized spacial score (nSPS) is 24.7. The number of esters is 1. The fourth-order valence-corrected chi connectivity index (χ4v) is 2.74. The zero-order valence-corrected chi connectivity index (χ0v) is 14.9. The number of aromatic nitrogens is 2. The SMILES string of the molecule is CCC(C)C(NC(=O)[C@@H]1O[C@H](n2ccc(N)nc2=O)C[C@H]1O)C(=O)OC. The zero-order chi connectivity index (χ0) is 19.4. The van der Waals surface area contributed by atoms with E-state index >= 15 is 0 Å². The van der Waals surface area contributed by atoms with E-state index in [0.29, 0.717) is 6.42 Å². The highest BCUT2D eigenvalue weighted by atomic mass is 16.5. The molecule has 0 aromatic carbocycles. The first-order valence-electron chi connectivity index (χ1n) is 8.34. The molecule has 0 aliphatic carbocycles. The summed E-state index contributed by atoms with van der Waals surface area (Å²) < 4.78 is 11.4. The van der Waals surface area contributed by atoms with Crippen LogP contribution in [-0.2, 0) is 19.1 Å². The van der Waals surface area contributed by atoms with Gasteiger partial charge in [-0.05, 0) is 12.0 Å². The summed E-state index contributed by atoms with van der Waals surface area (Å²) in [6.45, 7) is 3.68. The Labute approximate surface area is 150 Å². The molecule has 1 fully saturated rings. The van der Waals surface area contributed by atoms with Gasteiger partial charge in [0.05, 0.1) is 13.2 Å². The van der Waals surface area contributed by atoms with Gasteiger partial charge in [-0.3, -0.25) is 9.36 Å². The smallest absolute Gasteiger partial charge is 0.351 e. The maximum atomic E-state index is 12.5. The van der Waals surface area contributed by atoms with Gasteiger partial charge < -0.3 is 25.6 Å². The van der Waals surface area contributed by atoms with Crippen molar-refractivity contribution in [3.63, 3.8) is 0 Å². The number of ether oxygens (including phenoxy) is 2. The van der Waals surface area contributed by atoms with E-state index in [1.54, 1.807) is 6.92 Å². The van der Waals surface area contributed by atoms with E-state index in [9.17, 15) is 19.5 Å². The zero-order valence-electron chi connectivity index (χ0n) is 14.9. The second-order valence-corrected chi connectivity index (χ2v) is 6.25. The molecule has 0 saturated carbocycles. The predicted octanol–water partition coefficient (Wildman–Crippen LogP) is -0.822. The molecule has 10 heteroatoms. The minimum absolute atomic E-state index is 0.0236. The van der Waals surface area contributed by atoms with Gasteiger partial charge in [0.2, 0.25) is 0 Å². The van der Waals surface area contributed by atoms with Crippen LogP contribution < -0.4 is 16.7 Å². The van der Waals surface area contributed by atoms with Crippen LogP contribution in [0.1, 0.15) is 32.9 Å². The minimum atomic E-state index is -1.22. The highest BCUT2D eigenvalue weighted by molar-refractivity contribution is 5.87. The molecule has 0 bridgehead atoms. The average molecular weight is 368 g/mol. The lowest BCUT2D eigenvalue weighted by atomic mass is 9.98. The minimum Gasteiger partial charge on any atom is -0.467 e. The maximum absolute atomic E-state index is 12.5. The Morgan fingerprint density at radius 3 is 2.85 bits per heavy atom. The van der Waals surface area contributed by atoms with E-state index in [2.05, 4.69) is 10.3 Å². The van der Waals surface area contributed by atoms with Crippen LogP contribution in [0.15, 0.2) is 17.1 Å². The molecular weight excluding hydrogens is 344 g/mol. The molecule has 1 aromatic heterocycles. The number of nitrogens with zero attached hydrogens (tertiary/aromatic N) is 2. The van der Waals surface area contributed by atoms with Gasteiger partial charge in [0.1, 0.15) is 18.1 Å². The Bertz CT molecular complexity index is 721. The van der Waals surface area contributed by atoms with Gasteiger partial charge in [0, 0.05) is 12.6 Å². The molecular formula is C16H24N4O6. The second kappa shape index (κ2) is 8.28. The number of aliphatic hydroxyl groups excluding tert-OH is 1. The van der Waals surface area contributed by atoms with E-state index in [4.69, 9.17) is 15.2 Å². The van der Waals surface area contributed by atoms with Crippen molar-refractivity contribution >= 4 is 17.7 Å².